The summed E-state index contributed by atoms with van der Waals surface area (Å²) in [6.45, 7) is 0.863. The molecule has 2 aromatic carbocycles. The maximum absolute atomic E-state index is 12.3. The molecule has 108 valence electrons. The van der Waals surface area contributed by atoms with Gasteiger partial charge in [-0.1, -0.05) is 18.2 Å². The van der Waals surface area contributed by atoms with Crippen molar-refractivity contribution in [2.24, 2.45) is 0 Å². The molecule has 3 rings (SSSR count). The van der Waals surface area contributed by atoms with Gasteiger partial charge in [0.05, 0.1) is 11.4 Å². The van der Waals surface area contributed by atoms with Gasteiger partial charge in [0.15, 0.2) is 0 Å². The van der Waals surface area contributed by atoms with Gasteiger partial charge in [0.1, 0.15) is 17.1 Å². The number of carbonyl (C=O) groups is 1. The van der Waals surface area contributed by atoms with Gasteiger partial charge >= 0.3 is 0 Å². The number of hydrogen-bond donors (Lipinski definition) is 4. The molecule has 0 unspecified atom stereocenters. The maximum atomic E-state index is 12.3. The molecule has 0 fully saturated rings. The lowest BCUT2D eigenvalue weighted by atomic mass is 10.0. The van der Waals surface area contributed by atoms with E-state index in [0.29, 0.717) is 5.69 Å². The minimum atomic E-state index is -0.536. The number of para-hydroxylation sites is 1. The molecule has 5 heteroatoms. The largest absolute Gasteiger partial charge is 0.507 e. The van der Waals surface area contributed by atoms with E-state index in [2.05, 4.69) is 10.6 Å². The van der Waals surface area contributed by atoms with E-state index in [-0.39, 0.29) is 17.1 Å². The fraction of sp³-hybridized carbons (Fsp3) is 0.188. The van der Waals surface area contributed by atoms with Crippen LogP contribution >= 0.6 is 0 Å². The van der Waals surface area contributed by atoms with Crippen LogP contribution < -0.4 is 10.6 Å². The van der Waals surface area contributed by atoms with Crippen molar-refractivity contribution in [1.29, 1.82) is 0 Å². The Kier molecular flexibility index (Phi) is 3.39. The summed E-state index contributed by atoms with van der Waals surface area (Å²) in [5, 5.41) is 25.5. The fourth-order valence-corrected chi connectivity index (χ4v) is 2.56. The van der Waals surface area contributed by atoms with Crippen molar-refractivity contribution in [3.63, 3.8) is 0 Å². The molecule has 5 nitrogen and oxygen atoms in total. The van der Waals surface area contributed by atoms with Crippen LogP contribution in [0.4, 0.5) is 11.4 Å². The minimum absolute atomic E-state index is 0.120. The van der Waals surface area contributed by atoms with Crippen LogP contribution in [0, 0.1) is 0 Å². The lowest BCUT2D eigenvalue weighted by molar-refractivity contribution is 0.102. The Bertz CT molecular complexity index is 678. The van der Waals surface area contributed by atoms with E-state index in [1.54, 1.807) is 6.07 Å². The molecule has 0 saturated heterocycles. The predicted octanol–water partition coefficient (Wildman–Crippen LogP) is 2.71. The summed E-state index contributed by atoms with van der Waals surface area (Å²) >= 11 is 0. The molecule has 1 aliphatic rings. The summed E-state index contributed by atoms with van der Waals surface area (Å²) in [6.07, 6.45) is 2.03. The first-order valence-corrected chi connectivity index (χ1v) is 6.85. The number of rotatable bonds is 2. The molecule has 0 saturated carbocycles. The van der Waals surface area contributed by atoms with Crippen LogP contribution in [-0.4, -0.2) is 22.7 Å². The third kappa shape index (κ3) is 2.50. The highest BCUT2D eigenvalue weighted by molar-refractivity contribution is 6.09. The Morgan fingerprint density at radius 3 is 2.57 bits per heavy atom. The van der Waals surface area contributed by atoms with Gasteiger partial charge in [-0.15, -0.1) is 0 Å². The Balaban J connectivity index is 1.92. The molecule has 0 spiro atoms. The Morgan fingerprint density at radius 2 is 1.81 bits per heavy atom. The normalized spacial score (nSPS) is 13.1. The van der Waals surface area contributed by atoms with E-state index >= 15 is 0 Å². The summed E-state index contributed by atoms with van der Waals surface area (Å²) < 4.78 is 0. The van der Waals surface area contributed by atoms with Crippen molar-refractivity contribution < 1.29 is 15.0 Å². The van der Waals surface area contributed by atoms with Gasteiger partial charge < -0.3 is 20.8 Å². The van der Waals surface area contributed by atoms with Crippen molar-refractivity contribution in [1.82, 2.24) is 0 Å². The van der Waals surface area contributed by atoms with Gasteiger partial charge in [-0.05, 0) is 36.6 Å². The van der Waals surface area contributed by atoms with Gasteiger partial charge in [0.2, 0.25) is 0 Å². The quantitative estimate of drug-likeness (QED) is 0.683. The second-order valence-electron chi connectivity index (χ2n) is 5.00. The molecule has 0 aromatic heterocycles. The van der Waals surface area contributed by atoms with Crippen molar-refractivity contribution >= 4 is 17.3 Å². The average molecular weight is 284 g/mol. The second-order valence-corrected chi connectivity index (χ2v) is 5.00. The van der Waals surface area contributed by atoms with Crippen LogP contribution in [0.25, 0.3) is 0 Å². The van der Waals surface area contributed by atoms with Crippen LogP contribution in [0.1, 0.15) is 22.3 Å². The second kappa shape index (κ2) is 5.36. The van der Waals surface area contributed by atoms with Crippen molar-refractivity contribution in [3.8, 4) is 11.5 Å². The SMILES string of the molecule is O=C(Nc1cccc2c1NCCC2)c1c(O)cccc1O. The molecule has 0 bridgehead atoms. The summed E-state index contributed by atoms with van der Waals surface area (Å²) in [4.78, 5) is 12.3. The summed E-state index contributed by atoms with van der Waals surface area (Å²) in [7, 11) is 0. The van der Waals surface area contributed by atoms with Crippen LogP contribution in [-0.2, 0) is 6.42 Å². The van der Waals surface area contributed by atoms with Gasteiger partial charge in [-0.2, -0.15) is 0 Å². The predicted molar refractivity (Wildman–Crippen MR) is 81.0 cm³/mol. The summed E-state index contributed by atoms with van der Waals surface area (Å²) in [5.41, 5.74) is 2.60. The Hall–Kier alpha value is -2.69. The lowest BCUT2D eigenvalue weighted by Gasteiger charge is -2.21. The molecule has 21 heavy (non-hydrogen) atoms. The highest BCUT2D eigenvalue weighted by atomic mass is 16.3. The lowest BCUT2D eigenvalue weighted by Crippen LogP contribution is -2.17. The molecular weight excluding hydrogens is 268 g/mol. The molecule has 1 aliphatic heterocycles. The number of nitrogens with one attached hydrogen (secondary N) is 2. The summed E-state index contributed by atoms with van der Waals surface area (Å²) in [6, 6.07) is 9.92. The molecule has 4 N–H and O–H groups in total. The number of benzene rings is 2. The zero-order valence-corrected chi connectivity index (χ0v) is 11.4. The molecule has 0 radical (unpaired) electrons. The van der Waals surface area contributed by atoms with Crippen molar-refractivity contribution in [3.05, 3.63) is 47.5 Å². The van der Waals surface area contributed by atoms with Gasteiger partial charge in [-0.25, -0.2) is 0 Å². The van der Waals surface area contributed by atoms with Crippen LogP contribution in [0.3, 0.4) is 0 Å². The number of carbonyl (C=O) groups excluding carboxylic acids is 1. The molecular formula is C16H16N2O3. The number of phenols is 2. The van der Waals surface area contributed by atoms with Gasteiger partial charge in [0, 0.05) is 6.54 Å². The minimum Gasteiger partial charge on any atom is -0.507 e. The van der Waals surface area contributed by atoms with E-state index < -0.39 is 5.91 Å². The number of phenolic OH excluding ortho intramolecular Hbond substituents is 2. The van der Waals surface area contributed by atoms with E-state index in [9.17, 15) is 15.0 Å². The van der Waals surface area contributed by atoms with Gasteiger partial charge in [-0.3, -0.25) is 4.79 Å². The van der Waals surface area contributed by atoms with E-state index in [1.807, 2.05) is 12.1 Å². The van der Waals surface area contributed by atoms with Gasteiger partial charge in [0.25, 0.3) is 5.91 Å². The standard InChI is InChI=1S/C16H16N2O3/c19-12-7-2-8-13(20)14(12)16(21)18-11-6-1-4-10-5-3-9-17-15(10)11/h1-2,4,6-8,17,19-20H,3,5,9H2,(H,18,21). The van der Waals surface area contributed by atoms with E-state index in [1.165, 1.54) is 18.2 Å². The van der Waals surface area contributed by atoms with E-state index in [0.717, 1.165) is 30.6 Å². The molecule has 2 aromatic rings. The van der Waals surface area contributed by atoms with Crippen LogP contribution in [0.15, 0.2) is 36.4 Å². The molecule has 1 amide bonds. The molecule has 1 heterocycles. The van der Waals surface area contributed by atoms with Crippen LogP contribution in [0.5, 0.6) is 11.5 Å². The first-order valence-electron chi connectivity index (χ1n) is 6.85. The summed E-state index contributed by atoms with van der Waals surface area (Å²) in [5.74, 6) is -1.03. The topological polar surface area (TPSA) is 81.6 Å². The Morgan fingerprint density at radius 1 is 1.10 bits per heavy atom. The number of fused-ring (bicyclic) bond motifs is 1. The van der Waals surface area contributed by atoms with Crippen molar-refractivity contribution in [2.75, 3.05) is 17.2 Å². The van der Waals surface area contributed by atoms with Crippen LogP contribution in [0.2, 0.25) is 0 Å². The zero-order chi connectivity index (χ0) is 14.8. The molecule has 0 atom stereocenters. The fourth-order valence-electron chi connectivity index (χ4n) is 2.56. The third-order valence-electron chi connectivity index (χ3n) is 3.57. The highest BCUT2D eigenvalue weighted by Crippen LogP contribution is 2.32. The molecule has 0 aliphatic carbocycles. The first kappa shape index (κ1) is 13.3. The third-order valence-corrected chi connectivity index (χ3v) is 3.57. The number of amides is 1. The zero-order valence-electron chi connectivity index (χ0n) is 11.4. The maximum Gasteiger partial charge on any atom is 0.263 e. The monoisotopic (exact) mass is 284 g/mol. The first-order chi connectivity index (χ1) is 10.2. The average Bonchev–Trinajstić information content (AvgIpc) is 2.47. The number of aromatic hydroxyl groups is 2. The number of aryl methyl sites for hydroxylation is 1. The highest BCUT2D eigenvalue weighted by Gasteiger charge is 2.19. The Labute approximate surface area is 122 Å². The number of hydrogen-bond acceptors (Lipinski definition) is 4. The van der Waals surface area contributed by atoms with Crippen molar-refractivity contribution in [2.45, 2.75) is 12.8 Å². The number of anilines is 2. The van der Waals surface area contributed by atoms with E-state index in [4.69, 9.17) is 0 Å². The smallest absolute Gasteiger partial charge is 0.263 e.